The number of halogens is 1. The fourth-order valence-electron chi connectivity index (χ4n) is 3.49. The van der Waals surface area contributed by atoms with Crippen LogP contribution in [-0.4, -0.2) is 17.6 Å². The molecule has 1 aromatic heterocycles. The van der Waals surface area contributed by atoms with Crippen molar-refractivity contribution in [1.29, 1.82) is 0 Å². The van der Waals surface area contributed by atoms with Gasteiger partial charge in [0.15, 0.2) is 0 Å². The first-order valence-corrected chi connectivity index (χ1v) is 8.85. The van der Waals surface area contributed by atoms with E-state index in [9.17, 15) is 0 Å². The molecule has 1 aromatic rings. The molecule has 0 bridgehead atoms. The molecule has 112 valence electrons. The molecule has 0 radical (unpaired) electrons. The van der Waals surface area contributed by atoms with Crippen molar-refractivity contribution in [3.05, 3.63) is 28.5 Å². The average Bonchev–Trinajstić information content (AvgIpc) is 2.47. The molecule has 1 aliphatic rings. The summed E-state index contributed by atoms with van der Waals surface area (Å²) in [4.78, 5) is 4.29. The molecule has 0 spiro atoms. The molecule has 1 N–H and O–H groups in total. The van der Waals surface area contributed by atoms with Crippen LogP contribution in [0, 0.1) is 11.8 Å². The molecule has 3 heteroatoms. The maximum Gasteiger partial charge on any atom is 0.0410 e. The summed E-state index contributed by atoms with van der Waals surface area (Å²) >= 11 is 3.52. The van der Waals surface area contributed by atoms with Crippen molar-refractivity contribution in [2.75, 3.05) is 6.54 Å². The highest BCUT2D eigenvalue weighted by Crippen LogP contribution is 2.33. The van der Waals surface area contributed by atoms with E-state index in [2.05, 4.69) is 46.1 Å². The largest absolute Gasteiger partial charge is 0.314 e. The molecule has 2 nitrogen and oxygen atoms in total. The van der Waals surface area contributed by atoms with Crippen LogP contribution in [0.5, 0.6) is 0 Å². The summed E-state index contributed by atoms with van der Waals surface area (Å²) in [5.74, 6) is 1.80. The second-order valence-electron chi connectivity index (χ2n) is 6.07. The van der Waals surface area contributed by atoms with E-state index in [1.54, 1.807) is 0 Å². The Labute approximate surface area is 131 Å². The number of likely N-dealkylation sites (N-methyl/N-ethyl adjacent to an activating group) is 1. The third kappa shape index (κ3) is 4.56. The van der Waals surface area contributed by atoms with Crippen molar-refractivity contribution in [2.24, 2.45) is 11.8 Å². The highest BCUT2D eigenvalue weighted by atomic mass is 79.9. The van der Waals surface area contributed by atoms with E-state index in [4.69, 9.17) is 0 Å². The molecule has 0 aliphatic heterocycles. The lowest BCUT2D eigenvalue weighted by molar-refractivity contribution is 0.218. The second-order valence-corrected chi connectivity index (χ2v) is 6.98. The van der Waals surface area contributed by atoms with Crippen LogP contribution in [0.3, 0.4) is 0 Å². The summed E-state index contributed by atoms with van der Waals surface area (Å²) in [5.41, 5.74) is 1.34. The van der Waals surface area contributed by atoms with Crippen molar-refractivity contribution in [3.8, 4) is 0 Å². The summed E-state index contributed by atoms with van der Waals surface area (Å²) in [6, 6.07) is 2.81. The Bertz CT molecular complexity index is 400. The predicted octanol–water partition coefficient (Wildman–Crippen LogP) is 4.58. The Morgan fingerprint density at radius 1 is 1.25 bits per heavy atom. The topological polar surface area (TPSA) is 24.9 Å². The van der Waals surface area contributed by atoms with Gasteiger partial charge in [0.2, 0.25) is 0 Å². The fourth-order valence-corrected chi connectivity index (χ4v) is 3.90. The summed E-state index contributed by atoms with van der Waals surface area (Å²) in [5, 5.41) is 3.71. The SMILES string of the molecule is CCNC(Cc1cncc(Br)c1)C1CCC(CC)CC1. The lowest BCUT2D eigenvalue weighted by atomic mass is 9.76. The zero-order chi connectivity index (χ0) is 14.4. The Kier molecular flexibility index (Phi) is 6.50. The monoisotopic (exact) mass is 338 g/mol. The molecule has 20 heavy (non-hydrogen) atoms. The van der Waals surface area contributed by atoms with Gasteiger partial charge >= 0.3 is 0 Å². The molecule has 1 heterocycles. The summed E-state index contributed by atoms with van der Waals surface area (Å²) in [6.45, 7) is 5.60. The molecular weight excluding hydrogens is 312 g/mol. The minimum Gasteiger partial charge on any atom is -0.314 e. The standard InChI is InChI=1S/C17H27BrN2/c1-3-13-5-7-15(8-6-13)17(20-4-2)10-14-9-16(18)12-19-11-14/h9,11-13,15,17,20H,3-8,10H2,1-2H3. The maximum absolute atomic E-state index is 4.29. The van der Waals surface area contributed by atoms with Gasteiger partial charge in [0.25, 0.3) is 0 Å². The molecule has 0 aromatic carbocycles. The lowest BCUT2D eigenvalue weighted by Crippen LogP contribution is -2.39. The van der Waals surface area contributed by atoms with Gasteiger partial charge in [0.05, 0.1) is 0 Å². The van der Waals surface area contributed by atoms with Crippen molar-refractivity contribution in [2.45, 2.75) is 58.4 Å². The molecule has 1 fully saturated rings. The van der Waals surface area contributed by atoms with E-state index in [-0.39, 0.29) is 0 Å². The molecular formula is C17H27BrN2. The Morgan fingerprint density at radius 2 is 2.00 bits per heavy atom. The normalized spacial score (nSPS) is 24.6. The van der Waals surface area contributed by atoms with Gasteiger partial charge in [0, 0.05) is 22.9 Å². The van der Waals surface area contributed by atoms with Crippen molar-refractivity contribution < 1.29 is 0 Å². The number of nitrogens with one attached hydrogen (secondary N) is 1. The Morgan fingerprint density at radius 3 is 2.60 bits per heavy atom. The van der Waals surface area contributed by atoms with Gasteiger partial charge in [-0.15, -0.1) is 0 Å². The molecule has 1 unspecified atom stereocenters. The first-order chi connectivity index (χ1) is 9.72. The fraction of sp³-hybridized carbons (Fsp3) is 0.706. The van der Waals surface area contributed by atoms with Crippen LogP contribution in [0.25, 0.3) is 0 Å². The second kappa shape index (κ2) is 8.14. The third-order valence-corrected chi connectivity index (χ3v) is 5.15. The van der Waals surface area contributed by atoms with Crippen LogP contribution >= 0.6 is 15.9 Å². The van der Waals surface area contributed by atoms with Crippen LogP contribution in [-0.2, 0) is 6.42 Å². The molecule has 2 rings (SSSR count). The van der Waals surface area contributed by atoms with Gasteiger partial charge in [-0.2, -0.15) is 0 Å². The van der Waals surface area contributed by atoms with Gasteiger partial charge in [-0.25, -0.2) is 0 Å². The van der Waals surface area contributed by atoms with Gasteiger partial charge in [-0.3, -0.25) is 4.98 Å². The first-order valence-electron chi connectivity index (χ1n) is 8.05. The van der Waals surface area contributed by atoms with E-state index in [1.807, 2.05) is 12.4 Å². The average molecular weight is 339 g/mol. The minimum atomic E-state index is 0.605. The van der Waals surface area contributed by atoms with Crippen LogP contribution in [0.15, 0.2) is 22.9 Å². The number of nitrogens with zero attached hydrogens (tertiary/aromatic N) is 1. The zero-order valence-corrected chi connectivity index (χ0v) is 14.3. The molecule has 1 atom stereocenters. The van der Waals surface area contributed by atoms with Gasteiger partial charge < -0.3 is 5.32 Å². The number of hydrogen-bond donors (Lipinski definition) is 1. The summed E-state index contributed by atoms with van der Waals surface area (Å²) < 4.78 is 1.08. The first kappa shape index (κ1) is 16.0. The molecule has 0 saturated heterocycles. The smallest absolute Gasteiger partial charge is 0.0410 e. The van der Waals surface area contributed by atoms with E-state index >= 15 is 0 Å². The zero-order valence-electron chi connectivity index (χ0n) is 12.7. The highest BCUT2D eigenvalue weighted by Gasteiger charge is 2.26. The van der Waals surface area contributed by atoms with E-state index in [0.29, 0.717) is 6.04 Å². The lowest BCUT2D eigenvalue weighted by Gasteiger charge is -2.34. The van der Waals surface area contributed by atoms with Crippen molar-refractivity contribution in [3.63, 3.8) is 0 Å². The van der Waals surface area contributed by atoms with Gasteiger partial charge in [-0.05, 0) is 65.2 Å². The van der Waals surface area contributed by atoms with Crippen LogP contribution in [0.1, 0.15) is 51.5 Å². The van der Waals surface area contributed by atoms with Crippen molar-refractivity contribution in [1.82, 2.24) is 10.3 Å². The molecule has 1 saturated carbocycles. The minimum absolute atomic E-state index is 0.605. The third-order valence-electron chi connectivity index (χ3n) is 4.72. The van der Waals surface area contributed by atoms with E-state index in [1.165, 1.54) is 37.7 Å². The van der Waals surface area contributed by atoms with Gasteiger partial charge in [0.1, 0.15) is 0 Å². The van der Waals surface area contributed by atoms with Crippen LogP contribution in [0.4, 0.5) is 0 Å². The van der Waals surface area contributed by atoms with Crippen LogP contribution in [0.2, 0.25) is 0 Å². The Balaban J connectivity index is 1.96. The molecule has 0 amide bonds. The highest BCUT2D eigenvalue weighted by molar-refractivity contribution is 9.10. The quantitative estimate of drug-likeness (QED) is 0.820. The maximum atomic E-state index is 4.29. The number of pyridine rings is 1. The van der Waals surface area contributed by atoms with E-state index < -0.39 is 0 Å². The number of aromatic nitrogens is 1. The van der Waals surface area contributed by atoms with Crippen molar-refractivity contribution >= 4 is 15.9 Å². The van der Waals surface area contributed by atoms with E-state index in [0.717, 1.165) is 29.3 Å². The number of hydrogen-bond acceptors (Lipinski definition) is 2. The van der Waals surface area contributed by atoms with Gasteiger partial charge in [-0.1, -0.05) is 33.1 Å². The predicted molar refractivity (Wildman–Crippen MR) is 88.8 cm³/mol. The Hall–Kier alpha value is -0.410. The summed E-state index contributed by atoms with van der Waals surface area (Å²) in [7, 11) is 0. The summed E-state index contributed by atoms with van der Waals surface area (Å²) in [6.07, 6.45) is 11.9. The molecule has 1 aliphatic carbocycles. The number of rotatable bonds is 6. The van der Waals surface area contributed by atoms with Crippen LogP contribution < -0.4 is 5.32 Å².